The summed E-state index contributed by atoms with van der Waals surface area (Å²) < 4.78 is 20.7. The number of hydrogen-bond donors (Lipinski definition) is 0. The zero-order chi connectivity index (χ0) is 21.4. The van der Waals surface area contributed by atoms with Crippen molar-refractivity contribution in [3.63, 3.8) is 0 Å². The molecule has 0 saturated carbocycles. The highest BCUT2D eigenvalue weighted by molar-refractivity contribution is 7.22. The summed E-state index contributed by atoms with van der Waals surface area (Å²) in [6, 6.07) is 10.7. The zero-order valence-corrected chi connectivity index (χ0v) is 19.2. The molecule has 0 unspecified atom stereocenters. The standard InChI is InChI=1S/C24H30FN3OS/c1-6-29-20-8-15(2)7-19(10-20)14-28-17(4)12-27(13-18(28)5)24-26-22-11-21(25)16(3)9-23(22)30-24/h7-11,17-18H,6,12-14H2,1-5H3/t17-,18+. The van der Waals surface area contributed by atoms with Crippen LogP contribution in [0.1, 0.15) is 37.5 Å². The molecule has 1 aliphatic rings. The minimum absolute atomic E-state index is 0.185. The van der Waals surface area contributed by atoms with Crippen LogP contribution >= 0.6 is 11.3 Å². The first-order chi connectivity index (χ1) is 14.3. The number of halogens is 1. The predicted octanol–water partition coefficient (Wildman–Crippen LogP) is 5.55. The van der Waals surface area contributed by atoms with Crippen LogP contribution in [-0.4, -0.2) is 41.7 Å². The number of piperazine rings is 1. The van der Waals surface area contributed by atoms with Crippen LogP contribution in [0.3, 0.4) is 0 Å². The fraction of sp³-hybridized carbons (Fsp3) is 0.458. The molecule has 4 nitrogen and oxygen atoms in total. The number of ether oxygens (including phenoxy) is 1. The molecule has 3 aromatic rings. The van der Waals surface area contributed by atoms with Crippen LogP contribution < -0.4 is 9.64 Å². The van der Waals surface area contributed by atoms with E-state index in [1.165, 1.54) is 11.1 Å². The number of nitrogens with zero attached hydrogens (tertiary/aromatic N) is 3. The molecular formula is C24H30FN3OS. The monoisotopic (exact) mass is 427 g/mol. The normalized spacial score (nSPS) is 20.1. The number of fused-ring (bicyclic) bond motifs is 1. The van der Waals surface area contributed by atoms with E-state index in [0.717, 1.165) is 40.7 Å². The minimum Gasteiger partial charge on any atom is -0.494 e. The van der Waals surface area contributed by atoms with Gasteiger partial charge in [0.15, 0.2) is 5.13 Å². The highest BCUT2D eigenvalue weighted by Crippen LogP contribution is 2.33. The van der Waals surface area contributed by atoms with Crippen molar-refractivity contribution >= 4 is 26.7 Å². The van der Waals surface area contributed by atoms with Crippen LogP contribution in [-0.2, 0) is 6.54 Å². The number of aryl methyl sites for hydroxylation is 2. The second kappa shape index (κ2) is 8.52. The minimum atomic E-state index is -0.185. The van der Waals surface area contributed by atoms with Gasteiger partial charge in [0.05, 0.1) is 16.8 Å². The lowest BCUT2D eigenvalue weighted by Gasteiger charge is -2.44. The van der Waals surface area contributed by atoms with Crippen molar-refractivity contribution in [2.24, 2.45) is 0 Å². The number of hydrogen-bond acceptors (Lipinski definition) is 5. The molecule has 0 amide bonds. The molecule has 0 aliphatic carbocycles. The van der Waals surface area contributed by atoms with E-state index in [2.05, 4.69) is 48.8 Å². The van der Waals surface area contributed by atoms with Crippen LogP contribution in [0.4, 0.5) is 9.52 Å². The van der Waals surface area contributed by atoms with Crippen molar-refractivity contribution in [2.75, 3.05) is 24.6 Å². The maximum absolute atomic E-state index is 13.9. The lowest BCUT2D eigenvalue weighted by Crippen LogP contribution is -2.56. The molecular weight excluding hydrogens is 397 g/mol. The van der Waals surface area contributed by atoms with Gasteiger partial charge in [-0.15, -0.1) is 0 Å². The van der Waals surface area contributed by atoms with Crippen molar-refractivity contribution in [3.8, 4) is 5.75 Å². The Kier molecular flexibility index (Phi) is 5.98. The molecule has 0 N–H and O–H groups in total. The summed E-state index contributed by atoms with van der Waals surface area (Å²) in [5, 5.41) is 0.988. The van der Waals surface area contributed by atoms with Gasteiger partial charge in [-0.2, -0.15) is 0 Å². The van der Waals surface area contributed by atoms with E-state index in [1.54, 1.807) is 24.3 Å². The van der Waals surface area contributed by atoms with Gasteiger partial charge in [0.25, 0.3) is 0 Å². The quantitative estimate of drug-likeness (QED) is 0.534. The van der Waals surface area contributed by atoms with Gasteiger partial charge in [-0.3, -0.25) is 4.90 Å². The zero-order valence-electron chi connectivity index (χ0n) is 18.4. The molecule has 4 rings (SSSR count). The van der Waals surface area contributed by atoms with Gasteiger partial charge in [0, 0.05) is 37.8 Å². The summed E-state index contributed by atoms with van der Waals surface area (Å²) in [4.78, 5) is 9.64. The van der Waals surface area contributed by atoms with Gasteiger partial charge in [0.2, 0.25) is 0 Å². The van der Waals surface area contributed by atoms with Crippen LogP contribution in [0.5, 0.6) is 5.75 Å². The van der Waals surface area contributed by atoms with E-state index in [0.29, 0.717) is 24.3 Å². The van der Waals surface area contributed by atoms with Crippen molar-refractivity contribution in [2.45, 2.75) is 53.2 Å². The Bertz CT molecular complexity index is 999. The topological polar surface area (TPSA) is 28.6 Å². The van der Waals surface area contributed by atoms with Crippen molar-refractivity contribution in [3.05, 3.63) is 52.8 Å². The van der Waals surface area contributed by atoms with Crippen molar-refractivity contribution in [1.29, 1.82) is 0 Å². The summed E-state index contributed by atoms with van der Waals surface area (Å²) >= 11 is 1.66. The fourth-order valence-electron chi connectivity index (χ4n) is 4.37. The highest BCUT2D eigenvalue weighted by Gasteiger charge is 2.31. The Hall–Kier alpha value is -2.18. The third-order valence-corrected chi connectivity index (χ3v) is 6.90. The first kappa shape index (κ1) is 21.1. The summed E-state index contributed by atoms with van der Waals surface area (Å²) in [6.45, 7) is 13.9. The molecule has 0 bridgehead atoms. The maximum atomic E-state index is 13.9. The second-order valence-corrected chi connectivity index (χ2v) is 9.44. The molecule has 30 heavy (non-hydrogen) atoms. The molecule has 6 heteroatoms. The molecule has 1 fully saturated rings. The van der Waals surface area contributed by atoms with Gasteiger partial charge >= 0.3 is 0 Å². The van der Waals surface area contributed by atoms with Crippen molar-refractivity contribution < 1.29 is 9.13 Å². The second-order valence-electron chi connectivity index (χ2n) is 8.43. The molecule has 1 saturated heterocycles. The van der Waals surface area contributed by atoms with E-state index in [9.17, 15) is 4.39 Å². The van der Waals surface area contributed by atoms with Gasteiger partial charge in [-0.05, 0) is 69.5 Å². The summed E-state index contributed by atoms with van der Waals surface area (Å²) in [6.07, 6.45) is 0. The summed E-state index contributed by atoms with van der Waals surface area (Å²) in [7, 11) is 0. The largest absolute Gasteiger partial charge is 0.494 e. The number of anilines is 1. The highest BCUT2D eigenvalue weighted by atomic mass is 32.1. The molecule has 160 valence electrons. The average molecular weight is 428 g/mol. The molecule has 2 heterocycles. The van der Waals surface area contributed by atoms with E-state index in [-0.39, 0.29) is 5.82 Å². The molecule has 1 aliphatic heterocycles. The smallest absolute Gasteiger partial charge is 0.186 e. The first-order valence-corrected chi connectivity index (χ1v) is 11.5. The summed E-state index contributed by atoms with van der Waals surface area (Å²) in [5.41, 5.74) is 3.95. The Balaban J connectivity index is 1.51. The fourth-order valence-corrected chi connectivity index (χ4v) is 5.44. The third-order valence-electron chi connectivity index (χ3n) is 5.82. The van der Waals surface area contributed by atoms with Gasteiger partial charge in [-0.25, -0.2) is 9.37 Å². The molecule has 2 atom stereocenters. The Labute approximate surface area is 182 Å². The van der Waals surface area contributed by atoms with Gasteiger partial charge < -0.3 is 9.64 Å². The van der Waals surface area contributed by atoms with E-state index in [1.807, 2.05) is 13.0 Å². The molecule has 0 radical (unpaired) electrons. The van der Waals surface area contributed by atoms with Crippen LogP contribution in [0.15, 0.2) is 30.3 Å². The Morgan fingerprint density at radius 2 is 1.83 bits per heavy atom. The number of rotatable bonds is 5. The van der Waals surface area contributed by atoms with Crippen LogP contribution in [0.25, 0.3) is 10.2 Å². The Morgan fingerprint density at radius 3 is 2.53 bits per heavy atom. The molecule has 1 aromatic heterocycles. The maximum Gasteiger partial charge on any atom is 0.186 e. The Morgan fingerprint density at radius 1 is 1.10 bits per heavy atom. The van der Waals surface area contributed by atoms with Crippen LogP contribution in [0.2, 0.25) is 0 Å². The molecule has 0 spiro atoms. The van der Waals surface area contributed by atoms with Crippen molar-refractivity contribution in [1.82, 2.24) is 9.88 Å². The lowest BCUT2D eigenvalue weighted by atomic mass is 10.0. The third kappa shape index (κ3) is 4.30. The summed E-state index contributed by atoms with van der Waals surface area (Å²) in [5.74, 6) is 0.763. The average Bonchev–Trinajstić information content (AvgIpc) is 3.07. The van der Waals surface area contributed by atoms with Gasteiger partial charge in [-0.1, -0.05) is 17.4 Å². The number of thiazole rings is 1. The van der Waals surface area contributed by atoms with E-state index in [4.69, 9.17) is 9.72 Å². The van der Waals surface area contributed by atoms with Gasteiger partial charge in [0.1, 0.15) is 11.6 Å². The SMILES string of the molecule is CCOc1cc(C)cc(CN2[C@H](C)CN(c3nc4cc(F)c(C)cc4s3)C[C@@H]2C)c1. The number of benzene rings is 2. The molecule has 2 aromatic carbocycles. The first-order valence-electron chi connectivity index (χ1n) is 10.6. The van der Waals surface area contributed by atoms with E-state index < -0.39 is 0 Å². The van der Waals surface area contributed by atoms with E-state index >= 15 is 0 Å². The lowest BCUT2D eigenvalue weighted by molar-refractivity contribution is 0.123. The van der Waals surface area contributed by atoms with Crippen LogP contribution in [0, 0.1) is 19.7 Å². The predicted molar refractivity (Wildman–Crippen MR) is 123 cm³/mol. The number of aromatic nitrogens is 1.